The molecule has 4 nitrogen and oxygen atoms in total. The van der Waals surface area contributed by atoms with Crippen molar-refractivity contribution in [2.45, 2.75) is 25.3 Å². The number of methoxy groups -OCH3 is 1. The maximum atomic E-state index is 13.1. The van der Waals surface area contributed by atoms with E-state index in [1.54, 1.807) is 13.2 Å². The van der Waals surface area contributed by atoms with Gasteiger partial charge in [0.1, 0.15) is 11.6 Å². The van der Waals surface area contributed by atoms with Crippen LogP contribution in [0.1, 0.15) is 18.4 Å². The fraction of sp³-hybridized carbons (Fsp3) is 0.500. The molecule has 104 valence electrons. The molecule has 0 radical (unpaired) electrons. The molecule has 1 saturated carbocycles. The third kappa shape index (κ3) is 3.44. The topological polar surface area (TPSA) is 64.3 Å². The van der Waals surface area contributed by atoms with Crippen molar-refractivity contribution in [3.63, 3.8) is 0 Å². The molecule has 0 spiro atoms. The van der Waals surface area contributed by atoms with Crippen LogP contribution in [0, 0.1) is 11.7 Å². The van der Waals surface area contributed by atoms with Crippen molar-refractivity contribution in [1.82, 2.24) is 5.32 Å². The Kier molecular flexibility index (Phi) is 4.37. The number of carbonyl (C=O) groups excluding carboxylic acids is 1. The minimum absolute atomic E-state index is 0.0390. The standard InChI is InChI=1S/C14H19FN2O2/c1-19-13-3-2-11(15)6-9(13)4-5-17-14(18)10-7-12(16)8-10/h2-3,6,10,12H,4-5,7-8,16H2,1H3,(H,17,18). The fourth-order valence-corrected chi connectivity index (χ4v) is 2.28. The average Bonchev–Trinajstić information content (AvgIpc) is 2.35. The van der Waals surface area contributed by atoms with Gasteiger partial charge in [0.2, 0.25) is 5.91 Å². The van der Waals surface area contributed by atoms with Crippen LogP contribution < -0.4 is 15.8 Å². The molecule has 3 N–H and O–H groups in total. The summed E-state index contributed by atoms with van der Waals surface area (Å²) in [4.78, 5) is 11.7. The van der Waals surface area contributed by atoms with Crippen LogP contribution in [0.25, 0.3) is 0 Å². The molecule has 0 saturated heterocycles. The highest BCUT2D eigenvalue weighted by Crippen LogP contribution is 2.25. The minimum Gasteiger partial charge on any atom is -0.496 e. The summed E-state index contributed by atoms with van der Waals surface area (Å²) in [5.74, 6) is 0.426. The van der Waals surface area contributed by atoms with Gasteiger partial charge in [0.25, 0.3) is 0 Å². The van der Waals surface area contributed by atoms with E-state index >= 15 is 0 Å². The predicted octanol–water partition coefficient (Wildman–Crippen LogP) is 1.23. The number of halogens is 1. The number of rotatable bonds is 5. The number of benzene rings is 1. The second-order valence-corrected chi connectivity index (χ2v) is 4.93. The van der Waals surface area contributed by atoms with Crippen molar-refractivity contribution in [2.24, 2.45) is 11.7 Å². The maximum absolute atomic E-state index is 13.1. The third-order valence-corrected chi connectivity index (χ3v) is 3.48. The van der Waals surface area contributed by atoms with Gasteiger partial charge in [-0.3, -0.25) is 4.79 Å². The number of hydrogen-bond acceptors (Lipinski definition) is 3. The quantitative estimate of drug-likeness (QED) is 0.842. The normalized spacial score (nSPS) is 21.6. The highest BCUT2D eigenvalue weighted by Gasteiger charge is 2.31. The highest BCUT2D eigenvalue weighted by molar-refractivity contribution is 5.79. The van der Waals surface area contributed by atoms with Crippen LogP contribution in [0.15, 0.2) is 18.2 Å². The van der Waals surface area contributed by atoms with E-state index in [1.807, 2.05) is 0 Å². The van der Waals surface area contributed by atoms with Gasteiger partial charge < -0.3 is 15.8 Å². The van der Waals surface area contributed by atoms with Crippen LogP contribution >= 0.6 is 0 Å². The van der Waals surface area contributed by atoms with Gasteiger partial charge in [-0.05, 0) is 43.0 Å². The van der Waals surface area contributed by atoms with E-state index in [-0.39, 0.29) is 23.7 Å². The Morgan fingerprint density at radius 3 is 2.89 bits per heavy atom. The van der Waals surface area contributed by atoms with Crippen LogP contribution in [0.3, 0.4) is 0 Å². The van der Waals surface area contributed by atoms with E-state index in [4.69, 9.17) is 10.5 Å². The smallest absolute Gasteiger partial charge is 0.223 e. The first-order valence-electron chi connectivity index (χ1n) is 6.46. The third-order valence-electron chi connectivity index (χ3n) is 3.48. The molecule has 2 rings (SSSR count). The molecule has 1 aromatic carbocycles. The van der Waals surface area contributed by atoms with Crippen LogP contribution in [0.5, 0.6) is 5.75 Å². The lowest BCUT2D eigenvalue weighted by molar-refractivity contribution is -0.127. The van der Waals surface area contributed by atoms with E-state index in [0.717, 1.165) is 18.4 Å². The number of carbonyl (C=O) groups is 1. The summed E-state index contributed by atoms with van der Waals surface area (Å²) in [5.41, 5.74) is 6.40. The van der Waals surface area contributed by atoms with Gasteiger partial charge in [-0.1, -0.05) is 0 Å². The highest BCUT2D eigenvalue weighted by atomic mass is 19.1. The molecule has 19 heavy (non-hydrogen) atoms. The molecule has 0 unspecified atom stereocenters. The van der Waals surface area contributed by atoms with Gasteiger partial charge in [-0.2, -0.15) is 0 Å². The Bertz CT molecular complexity index is 459. The minimum atomic E-state index is -0.299. The van der Waals surface area contributed by atoms with Crippen molar-refractivity contribution in [3.05, 3.63) is 29.6 Å². The number of amides is 1. The molecule has 0 bridgehead atoms. The van der Waals surface area contributed by atoms with Crippen molar-refractivity contribution >= 4 is 5.91 Å². The zero-order valence-electron chi connectivity index (χ0n) is 11.0. The largest absolute Gasteiger partial charge is 0.496 e. The molecule has 1 amide bonds. The first-order valence-corrected chi connectivity index (χ1v) is 6.46. The van der Waals surface area contributed by atoms with Crippen LogP contribution in [-0.2, 0) is 11.2 Å². The molecule has 0 aromatic heterocycles. The second-order valence-electron chi connectivity index (χ2n) is 4.93. The zero-order chi connectivity index (χ0) is 13.8. The van der Waals surface area contributed by atoms with E-state index < -0.39 is 0 Å². The Morgan fingerprint density at radius 1 is 1.53 bits per heavy atom. The van der Waals surface area contributed by atoms with Gasteiger partial charge >= 0.3 is 0 Å². The summed E-state index contributed by atoms with van der Waals surface area (Å²) in [6.45, 7) is 0.477. The molecule has 0 atom stereocenters. The molecule has 1 fully saturated rings. The number of nitrogens with two attached hydrogens (primary N) is 1. The summed E-state index contributed by atoms with van der Waals surface area (Å²) in [6.07, 6.45) is 2.07. The summed E-state index contributed by atoms with van der Waals surface area (Å²) >= 11 is 0. The summed E-state index contributed by atoms with van der Waals surface area (Å²) in [6, 6.07) is 4.55. The number of ether oxygens (including phenoxy) is 1. The summed E-state index contributed by atoms with van der Waals surface area (Å²) in [7, 11) is 1.55. The summed E-state index contributed by atoms with van der Waals surface area (Å²) < 4.78 is 18.3. The first kappa shape index (κ1) is 13.8. The van der Waals surface area contributed by atoms with Gasteiger partial charge in [0.15, 0.2) is 0 Å². The number of hydrogen-bond donors (Lipinski definition) is 2. The lowest BCUT2D eigenvalue weighted by atomic mass is 9.80. The monoisotopic (exact) mass is 266 g/mol. The number of nitrogens with one attached hydrogen (secondary N) is 1. The van der Waals surface area contributed by atoms with Gasteiger partial charge in [0, 0.05) is 18.5 Å². The molecular formula is C14H19FN2O2. The molecule has 0 aliphatic heterocycles. The van der Waals surface area contributed by atoms with Crippen molar-refractivity contribution in [3.8, 4) is 5.75 Å². The van der Waals surface area contributed by atoms with E-state index in [9.17, 15) is 9.18 Å². The van der Waals surface area contributed by atoms with E-state index in [2.05, 4.69) is 5.32 Å². The molecular weight excluding hydrogens is 247 g/mol. The lowest BCUT2D eigenvalue weighted by Gasteiger charge is -2.31. The molecule has 1 aliphatic carbocycles. The lowest BCUT2D eigenvalue weighted by Crippen LogP contribution is -2.45. The fourth-order valence-electron chi connectivity index (χ4n) is 2.28. The van der Waals surface area contributed by atoms with Crippen molar-refractivity contribution < 1.29 is 13.9 Å². The Hall–Kier alpha value is -1.62. The predicted molar refractivity (Wildman–Crippen MR) is 70.4 cm³/mol. The van der Waals surface area contributed by atoms with Crippen LogP contribution in [0.2, 0.25) is 0 Å². The second kappa shape index (κ2) is 6.02. The van der Waals surface area contributed by atoms with Gasteiger partial charge in [-0.25, -0.2) is 4.39 Å². The zero-order valence-corrected chi connectivity index (χ0v) is 11.0. The Labute approximate surface area is 112 Å². The van der Waals surface area contributed by atoms with Crippen LogP contribution in [-0.4, -0.2) is 25.6 Å². The van der Waals surface area contributed by atoms with Gasteiger partial charge in [0.05, 0.1) is 7.11 Å². The van der Waals surface area contributed by atoms with Gasteiger partial charge in [-0.15, -0.1) is 0 Å². The van der Waals surface area contributed by atoms with Crippen molar-refractivity contribution in [1.29, 1.82) is 0 Å². The van der Waals surface area contributed by atoms with Crippen LogP contribution in [0.4, 0.5) is 4.39 Å². The van der Waals surface area contributed by atoms with E-state index in [1.165, 1.54) is 12.1 Å². The Morgan fingerprint density at radius 2 is 2.26 bits per heavy atom. The molecule has 5 heteroatoms. The average molecular weight is 266 g/mol. The van der Waals surface area contributed by atoms with Crippen molar-refractivity contribution in [2.75, 3.05) is 13.7 Å². The molecule has 1 aliphatic rings. The molecule has 0 heterocycles. The van der Waals surface area contributed by atoms with E-state index in [0.29, 0.717) is 18.7 Å². The summed E-state index contributed by atoms with van der Waals surface area (Å²) in [5, 5.41) is 2.85. The Balaban J connectivity index is 1.82. The SMILES string of the molecule is COc1ccc(F)cc1CCNC(=O)C1CC(N)C1. The molecule has 1 aromatic rings. The maximum Gasteiger partial charge on any atom is 0.223 e. The first-order chi connectivity index (χ1) is 9.10.